The Morgan fingerprint density at radius 2 is 1.95 bits per heavy atom. The highest BCUT2D eigenvalue weighted by molar-refractivity contribution is 5.99. The fourth-order valence-corrected chi connectivity index (χ4v) is 1.95. The van der Waals surface area contributed by atoms with Crippen molar-refractivity contribution in [3.05, 3.63) is 46.8 Å². The van der Waals surface area contributed by atoms with E-state index in [1.54, 1.807) is 0 Å². The maximum Gasteiger partial charge on any atom is 0.221 e. The molecule has 0 aliphatic carbocycles. The lowest BCUT2D eigenvalue weighted by Crippen LogP contribution is -2.06. The summed E-state index contributed by atoms with van der Waals surface area (Å²) in [6, 6.07) is 7.40. The number of aryl methyl sites for hydroxylation is 2. The Balaban J connectivity index is 1.98. The van der Waals surface area contributed by atoms with Crippen LogP contribution in [0.2, 0.25) is 0 Å². The number of amides is 1. The van der Waals surface area contributed by atoms with Crippen molar-refractivity contribution in [3.63, 3.8) is 0 Å². The molecule has 0 bridgehead atoms. The molecule has 0 fully saturated rings. The molecule has 0 saturated carbocycles. The van der Waals surface area contributed by atoms with Crippen LogP contribution < -0.4 is 5.32 Å². The normalized spacial score (nSPS) is 11.4. The number of nitrogens with zero attached hydrogens (tertiary/aromatic N) is 2. The van der Waals surface area contributed by atoms with Gasteiger partial charge in [0.15, 0.2) is 0 Å². The van der Waals surface area contributed by atoms with Crippen molar-refractivity contribution >= 4 is 17.3 Å². The molecular formula is C16H19N3O3. The summed E-state index contributed by atoms with van der Waals surface area (Å²) in [5, 5.41) is 10.7. The second kappa shape index (κ2) is 6.89. The van der Waals surface area contributed by atoms with Gasteiger partial charge in [-0.05, 0) is 38.5 Å². The lowest BCUT2D eigenvalue weighted by atomic mass is 10.1. The summed E-state index contributed by atoms with van der Waals surface area (Å²) in [5.41, 5.74) is 4.15. The average Bonchev–Trinajstić information content (AvgIpc) is 2.79. The number of hydrogen-bond donors (Lipinski definition) is 1. The molecule has 1 aromatic carbocycles. The Hall–Kier alpha value is -2.63. The topological polar surface area (TPSA) is 76.7 Å². The molecule has 0 atom stereocenters. The van der Waals surface area contributed by atoms with Crippen LogP contribution in [0.5, 0.6) is 0 Å². The standard InChI is InChI=1S/C16H19N3O3/c1-10(14-5-7-15(8-6-14)17-13(4)20)18-21-9-16-11(2)19-22-12(16)3/h5-8H,9H2,1-4H3,(H,17,20). The van der Waals surface area contributed by atoms with Gasteiger partial charge in [0, 0.05) is 12.6 Å². The van der Waals surface area contributed by atoms with E-state index < -0.39 is 0 Å². The summed E-state index contributed by atoms with van der Waals surface area (Å²) in [4.78, 5) is 16.3. The van der Waals surface area contributed by atoms with Crippen molar-refractivity contribution in [1.82, 2.24) is 5.16 Å². The van der Waals surface area contributed by atoms with Crippen LogP contribution in [-0.2, 0) is 16.2 Å². The number of hydrogen-bond acceptors (Lipinski definition) is 5. The SMILES string of the molecule is CC(=O)Nc1ccc(C(C)=NOCc2c(C)noc2C)cc1. The van der Waals surface area contributed by atoms with Gasteiger partial charge in [0.25, 0.3) is 0 Å². The van der Waals surface area contributed by atoms with E-state index in [0.29, 0.717) is 6.61 Å². The zero-order chi connectivity index (χ0) is 16.1. The third-order valence-electron chi connectivity index (χ3n) is 3.21. The summed E-state index contributed by atoms with van der Waals surface area (Å²) < 4.78 is 5.07. The maximum atomic E-state index is 11.0. The van der Waals surface area contributed by atoms with Crippen LogP contribution in [0.4, 0.5) is 5.69 Å². The number of rotatable bonds is 5. The van der Waals surface area contributed by atoms with E-state index in [4.69, 9.17) is 9.36 Å². The third kappa shape index (κ3) is 3.94. The molecule has 1 amide bonds. The lowest BCUT2D eigenvalue weighted by molar-refractivity contribution is -0.114. The van der Waals surface area contributed by atoms with Crippen LogP contribution in [-0.4, -0.2) is 16.8 Å². The van der Waals surface area contributed by atoms with Gasteiger partial charge in [-0.15, -0.1) is 0 Å². The van der Waals surface area contributed by atoms with Crippen LogP contribution in [0.3, 0.4) is 0 Å². The Morgan fingerprint density at radius 3 is 2.50 bits per heavy atom. The van der Waals surface area contributed by atoms with Gasteiger partial charge in [-0.2, -0.15) is 0 Å². The Kier molecular flexibility index (Phi) is 4.93. The second-order valence-electron chi connectivity index (χ2n) is 5.01. The van der Waals surface area contributed by atoms with Crippen LogP contribution >= 0.6 is 0 Å². The molecule has 0 spiro atoms. The molecule has 0 aliphatic heterocycles. The van der Waals surface area contributed by atoms with E-state index >= 15 is 0 Å². The van der Waals surface area contributed by atoms with Crippen molar-refractivity contribution in [3.8, 4) is 0 Å². The first-order valence-electron chi connectivity index (χ1n) is 6.93. The van der Waals surface area contributed by atoms with E-state index in [1.165, 1.54) is 6.92 Å². The van der Waals surface area contributed by atoms with E-state index in [1.807, 2.05) is 45.0 Å². The highest BCUT2D eigenvalue weighted by Crippen LogP contribution is 2.14. The largest absolute Gasteiger partial charge is 0.390 e. The number of carbonyl (C=O) groups excluding carboxylic acids is 1. The van der Waals surface area contributed by atoms with Crippen LogP contribution in [0.25, 0.3) is 0 Å². The van der Waals surface area contributed by atoms with Crippen molar-refractivity contribution in [2.24, 2.45) is 5.16 Å². The number of carbonyl (C=O) groups is 1. The average molecular weight is 301 g/mol. The molecule has 1 N–H and O–H groups in total. The number of aromatic nitrogens is 1. The van der Waals surface area contributed by atoms with E-state index in [2.05, 4.69) is 15.6 Å². The predicted molar refractivity (Wildman–Crippen MR) is 83.7 cm³/mol. The fourth-order valence-electron chi connectivity index (χ4n) is 1.95. The molecule has 6 nitrogen and oxygen atoms in total. The van der Waals surface area contributed by atoms with E-state index in [-0.39, 0.29) is 5.91 Å². The Bertz CT molecular complexity index is 668. The minimum atomic E-state index is -0.0964. The zero-order valence-electron chi connectivity index (χ0n) is 13.1. The fraction of sp³-hybridized carbons (Fsp3) is 0.312. The molecule has 6 heteroatoms. The summed E-state index contributed by atoms with van der Waals surface area (Å²) in [5.74, 6) is 0.644. The Morgan fingerprint density at radius 1 is 1.27 bits per heavy atom. The van der Waals surface area contributed by atoms with Gasteiger partial charge in [-0.1, -0.05) is 22.4 Å². The molecular weight excluding hydrogens is 282 g/mol. The molecule has 116 valence electrons. The molecule has 2 aromatic rings. The van der Waals surface area contributed by atoms with E-state index in [0.717, 1.165) is 34.0 Å². The summed E-state index contributed by atoms with van der Waals surface area (Å²) in [7, 11) is 0. The first-order chi connectivity index (χ1) is 10.5. The van der Waals surface area contributed by atoms with Crippen LogP contribution in [0, 0.1) is 13.8 Å². The van der Waals surface area contributed by atoms with Gasteiger partial charge in [-0.3, -0.25) is 4.79 Å². The van der Waals surface area contributed by atoms with Gasteiger partial charge in [-0.25, -0.2) is 0 Å². The second-order valence-corrected chi connectivity index (χ2v) is 5.01. The molecule has 0 aliphatic rings. The lowest BCUT2D eigenvalue weighted by Gasteiger charge is -2.05. The van der Waals surface area contributed by atoms with Crippen LogP contribution in [0.15, 0.2) is 33.9 Å². The minimum absolute atomic E-state index is 0.0964. The van der Waals surface area contributed by atoms with Gasteiger partial charge in [0.05, 0.1) is 17.0 Å². The number of benzene rings is 1. The number of oxime groups is 1. The van der Waals surface area contributed by atoms with Crippen molar-refractivity contribution in [1.29, 1.82) is 0 Å². The first-order valence-corrected chi connectivity index (χ1v) is 6.93. The third-order valence-corrected chi connectivity index (χ3v) is 3.21. The van der Waals surface area contributed by atoms with Gasteiger partial charge >= 0.3 is 0 Å². The molecule has 2 rings (SSSR count). The van der Waals surface area contributed by atoms with Crippen molar-refractivity contribution < 1.29 is 14.2 Å². The monoisotopic (exact) mass is 301 g/mol. The summed E-state index contributed by atoms with van der Waals surface area (Å²) in [6.45, 7) is 7.37. The molecule has 0 unspecified atom stereocenters. The van der Waals surface area contributed by atoms with Crippen molar-refractivity contribution in [2.75, 3.05) is 5.32 Å². The molecule has 0 saturated heterocycles. The number of anilines is 1. The van der Waals surface area contributed by atoms with Gasteiger partial charge in [0.1, 0.15) is 12.4 Å². The number of nitrogens with one attached hydrogen (secondary N) is 1. The Labute approximate surface area is 129 Å². The molecule has 22 heavy (non-hydrogen) atoms. The minimum Gasteiger partial charge on any atom is -0.390 e. The predicted octanol–water partition coefficient (Wildman–Crippen LogP) is 3.19. The highest BCUT2D eigenvalue weighted by Gasteiger charge is 2.09. The smallest absolute Gasteiger partial charge is 0.221 e. The highest BCUT2D eigenvalue weighted by atomic mass is 16.6. The first kappa shape index (κ1) is 15.8. The quantitative estimate of drug-likeness (QED) is 0.679. The molecule has 1 aromatic heterocycles. The summed E-state index contributed by atoms with van der Waals surface area (Å²) >= 11 is 0. The van der Waals surface area contributed by atoms with E-state index in [9.17, 15) is 4.79 Å². The van der Waals surface area contributed by atoms with Crippen LogP contribution in [0.1, 0.15) is 36.4 Å². The summed E-state index contributed by atoms with van der Waals surface area (Å²) in [6.07, 6.45) is 0. The van der Waals surface area contributed by atoms with Gasteiger partial charge in [0.2, 0.25) is 5.91 Å². The maximum absolute atomic E-state index is 11.0. The molecule has 0 radical (unpaired) electrons. The molecule has 1 heterocycles. The van der Waals surface area contributed by atoms with Gasteiger partial charge < -0.3 is 14.7 Å². The van der Waals surface area contributed by atoms with Crippen molar-refractivity contribution in [2.45, 2.75) is 34.3 Å². The zero-order valence-corrected chi connectivity index (χ0v) is 13.1.